The number of hydrogen-bond acceptors (Lipinski definition) is 6. The van der Waals surface area contributed by atoms with Crippen LogP contribution in [0, 0.1) is 10.1 Å². The van der Waals surface area contributed by atoms with Crippen molar-refractivity contribution in [2.75, 3.05) is 17.2 Å². The normalized spacial score (nSPS) is 9.95. The molecule has 0 spiro atoms. The van der Waals surface area contributed by atoms with E-state index in [0.29, 0.717) is 17.3 Å². The molecular formula is C13H12ClN5O2. The van der Waals surface area contributed by atoms with Crippen molar-refractivity contribution in [1.82, 2.24) is 9.97 Å². The maximum absolute atomic E-state index is 11.2. The van der Waals surface area contributed by atoms with Crippen LogP contribution in [-0.4, -0.2) is 21.4 Å². The minimum Gasteiger partial charge on any atom is -0.361 e. The average Bonchev–Trinajstić information content (AvgIpc) is 2.47. The van der Waals surface area contributed by atoms with Crippen molar-refractivity contribution in [2.24, 2.45) is 0 Å². The molecule has 0 saturated carbocycles. The van der Waals surface area contributed by atoms with Crippen LogP contribution in [0.15, 0.2) is 43.2 Å². The summed E-state index contributed by atoms with van der Waals surface area (Å²) in [4.78, 5) is 18.5. The number of aromatic nitrogens is 2. The Balaban J connectivity index is 2.35. The van der Waals surface area contributed by atoms with Crippen LogP contribution < -0.4 is 10.6 Å². The lowest BCUT2D eigenvalue weighted by atomic mass is 10.3. The molecule has 0 unspecified atom stereocenters. The lowest BCUT2D eigenvalue weighted by Crippen LogP contribution is -2.08. The Morgan fingerprint density at radius 3 is 2.57 bits per heavy atom. The molecule has 1 aromatic carbocycles. The van der Waals surface area contributed by atoms with Crippen LogP contribution in [0.1, 0.15) is 0 Å². The summed E-state index contributed by atoms with van der Waals surface area (Å²) >= 11 is 5.80. The summed E-state index contributed by atoms with van der Waals surface area (Å²) in [5.74, 6) is 0.232. The van der Waals surface area contributed by atoms with Gasteiger partial charge in [0.15, 0.2) is 0 Å². The summed E-state index contributed by atoms with van der Waals surface area (Å²) in [5.41, 5.74) is 0.408. The zero-order valence-corrected chi connectivity index (χ0v) is 11.7. The largest absolute Gasteiger partial charge is 0.361 e. The van der Waals surface area contributed by atoms with Gasteiger partial charge >= 0.3 is 5.69 Å². The molecule has 8 heteroatoms. The molecule has 1 aromatic heterocycles. The standard InChI is InChI=1S/C13H12ClN5O2/c1-2-7-15-12-11(19(20)21)13(17-8-16-12)18-10-5-3-9(14)4-6-10/h2-6,8H,1,7H2,(H2,15,16,17,18). The van der Waals surface area contributed by atoms with E-state index in [0.717, 1.165) is 0 Å². The maximum atomic E-state index is 11.2. The minimum atomic E-state index is -0.538. The van der Waals surface area contributed by atoms with Gasteiger partial charge in [0.2, 0.25) is 11.6 Å². The third-order valence-electron chi connectivity index (χ3n) is 2.53. The Hall–Kier alpha value is -2.67. The fourth-order valence-corrected chi connectivity index (χ4v) is 1.74. The Morgan fingerprint density at radius 1 is 1.29 bits per heavy atom. The highest BCUT2D eigenvalue weighted by Crippen LogP contribution is 2.31. The second kappa shape index (κ2) is 6.67. The topological polar surface area (TPSA) is 93.0 Å². The number of hydrogen-bond donors (Lipinski definition) is 2. The third kappa shape index (κ3) is 3.67. The first-order valence-electron chi connectivity index (χ1n) is 5.98. The predicted octanol–water partition coefficient (Wildman–Crippen LogP) is 3.38. The van der Waals surface area contributed by atoms with Crippen molar-refractivity contribution in [1.29, 1.82) is 0 Å². The molecule has 0 atom stereocenters. The first kappa shape index (κ1) is 14.7. The summed E-state index contributed by atoms with van der Waals surface area (Å²) in [6.07, 6.45) is 2.83. The molecule has 2 rings (SSSR count). The molecule has 0 amide bonds. The molecule has 21 heavy (non-hydrogen) atoms. The number of anilines is 3. The molecule has 0 aliphatic carbocycles. The van der Waals surface area contributed by atoms with Crippen molar-refractivity contribution >= 4 is 34.6 Å². The van der Waals surface area contributed by atoms with E-state index in [1.54, 1.807) is 30.3 Å². The van der Waals surface area contributed by atoms with E-state index in [1.165, 1.54) is 6.33 Å². The van der Waals surface area contributed by atoms with Crippen LogP contribution in [0.5, 0.6) is 0 Å². The SMILES string of the molecule is C=CCNc1ncnc(Nc2ccc(Cl)cc2)c1[N+](=O)[O-]. The molecular weight excluding hydrogens is 294 g/mol. The fourth-order valence-electron chi connectivity index (χ4n) is 1.61. The van der Waals surface area contributed by atoms with E-state index < -0.39 is 4.92 Å². The Kier molecular flexibility index (Phi) is 4.68. The van der Waals surface area contributed by atoms with Crippen molar-refractivity contribution in [2.45, 2.75) is 0 Å². The molecule has 0 aliphatic heterocycles. The number of benzene rings is 1. The second-order valence-corrected chi connectivity index (χ2v) is 4.41. The van der Waals surface area contributed by atoms with Gasteiger partial charge in [-0.2, -0.15) is 0 Å². The van der Waals surface area contributed by atoms with Crippen LogP contribution in [0.25, 0.3) is 0 Å². The van der Waals surface area contributed by atoms with Gasteiger partial charge in [0.05, 0.1) is 4.92 Å². The molecule has 1 heterocycles. The Morgan fingerprint density at radius 2 is 1.95 bits per heavy atom. The smallest absolute Gasteiger partial charge is 0.353 e. The van der Waals surface area contributed by atoms with Crippen LogP contribution in [0.2, 0.25) is 5.02 Å². The van der Waals surface area contributed by atoms with E-state index in [1.807, 2.05) is 0 Å². The van der Waals surface area contributed by atoms with Gasteiger partial charge in [-0.25, -0.2) is 9.97 Å². The lowest BCUT2D eigenvalue weighted by Gasteiger charge is -2.09. The molecule has 0 radical (unpaired) electrons. The number of nitrogens with one attached hydrogen (secondary N) is 2. The minimum absolute atomic E-state index is 0.101. The van der Waals surface area contributed by atoms with Gasteiger partial charge < -0.3 is 10.6 Å². The summed E-state index contributed by atoms with van der Waals surface area (Å²) in [7, 11) is 0. The van der Waals surface area contributed by atoms with Crippen molar-refractivity contribution in [3.05, 3.63) is 58.4 Å². The monoisotopic (exact) mass is 305 g/mol. The molecule has 0 aliphatic rings. The van der Waals surface area contributed by atoms with Crippen LogP contribution in [-0.2, 0) is 0 Å². The molecule has 2 N–H and O–H groups in total. The second-order valence-electron chi connectivity index (χ2n) is 3.98. The summed E-state index contributed by atoms with van der Waals surface area (Å²) in [6.45, 7) is 3.90. The Labute approximate surface area is 125 Å². The van der Waals surface area contributed by atoms with Gasteiger partial charge in [-0.05, 0) is 24.3 Å². The lowest BCUT2D eigenvalue weighted by molar-refractivity contribution is -0.383. The van der Waals surface area contributed by atoms with E-state index in [9.17, 15) is 10.1 Å². The number of nitrogens with zero attached hydrogens (tertiary/aromatic N) is 3. The number of halogens is 1. The van der Waals surface area contributed by atoms with Crippen LogP contribution in [0.3, 0.4) is 0 Å². The highest BCUT2D eigenvalue weighted by molar-refractivity contribution is 6.30. The quantitative estimate of drug-likeness (QED) is 0.483. The van der Waals surface area contributed by atoms with Crippen molar-refractivity contribution in [3.8, 4) is 0 Å². The van der Waals surface area contributed by atoms with E-state index in [4.69, 9.17) is 11.6 Å². The molecule has 7 nitrogen and oxygen atoms in total. The van der Waals surface area contributed by atoms with Gasteiger partial charge in [0.25, 0.3) is 0 Å². The van der Waals surface area contributed by atoms with E-state index in [2.05, 4.69) is 27.2 Å². The third-order valence-corrected chi connectivity index (χ3v) is 2.78. The zero-order chi connectivity index (χ0) is 15.2. The Bertz CT molecular complexity index is 660. The summed E-state index contributed by atoms with van der Waals surface area (Å²) in [6, 6.07) is 6.75. The van der Waals surface area contributed by atoms with Gasteiger partial charge in [-0.3, -0.25) is 10.1 Å². The molecule has 0 bridgehead atoms. The molecule has 0 saturated heterocycles. The zero-order valence-electron chi connectivity index (χ0n) is 10.9. The predicted molar refractivity (Wildman–Crippen MR) is 82.1 cm³/mol. The molecule has 0 fully saturated rings. The van der Waals surface area contributed by atoms with Crippen LogP contribution >= 0.6 is 11.6 Å². The van der Waals surface area contributed by atoms with Gasteiger partial charge in [-0.1, -0.05) is 17.7 Å². The fraction of sp³-hybridized carbons (Fsp3) is 0.0769. The summed E-state index contributed by atoms with van der Waals surface area (Å²) < 4.78 is 0. The first-order chi connectivity index (χ1) is 10.1. The summed E-state index contributed by atoms with van der Waals surface area (Å²) in [5, 5.41) is 17.5. The van der Waals surface area contributed by atoms with E-state index >= 15 is 0 Å². The van der Waals surface area contributed by atoms with Crippen molar-refractivity contribution < 1.29 is 4.92 Å². The number of nitro groups is 1. The first-order valence-corrected chi connectivity index (χ1v) is 6.36. The maximum Gasteiger partial charge on any atom is 0.353 e. The average molecular weight is 306 g/mol. The van der Waals surface area contributed by atoms with Gasteiger partial charge in [0.1, 0.15) is 6.33 Å². The highest BCUT2D eigenvalue weighted by atomic mass is 35.5. The van der Waals surface area contributed by atoms with Crippen molar-refractivity contribution in [3.63, 3.8) is 0 Å². The number of rotatable bonds is 6. The van der Waals surface area contributed by atoms with Gasteiger partial charge in [0, 0.05) is 17.3 Å². The highest BCUT2D eigenvalue weighted by Gasteiger charge is 2.22. The van der Waals surface area contributed by atoms with Gasteiger partial charge in [-0.15, -0.1) is 6.58 Å². The van der Waals surface area contributed by atoms with E-state index in [-0.39, 0.29) is 17.3 Å². The molecule has 2 aromatic rings. The van der Waals surface area contributed by atoms with Crippen LogP contribution in [0.4, 0.5) is 23.0 Å². The molecule has 108 valence electrons.